The van der Waals surface area contributed by atoms with E-state index in [1.165, 1.54) is 35.6 Å². The van der Waals surface area contributed by atoms with E-state index in [1.807, 2.05) is 13.8 Å². The molecular formula is C22H23FN4O3S. The topological polar surface area (TPSA) is 92.3 Å². The van der Waals surface area contributed by atoms with Crippen LogP contribution in [0.15, 0.2) is 48.5 Å². The van der Waals surface area contributed by atoms with E-state index in [0.717, 1.165) is 0 Å². The first kappa shape index (κ1) is 22.2. The first-order chi connectivity index (χ1) is 14.8. The Kier molecular flexibility index (Phi) is 7.19. The molecule has 1 heterocycles. The van der Waals surface area contributed by atoms with Crippen molar-refractivity contribution in [2.45, 2.75) is 33.4 Å². The fourth-order valence-corrected chi connectivity index (χ4v) is 3.57. The molecule has 1 aromatic heterocycles. The Hall–Kier alpha value is -3.46. The largest absolute Gasteiger partial charge is 0.486 e. The van der Waals surface area contributed by atoms with E-state index >= 15 is 0 Å². The van der Waals surface area contributed by atoms with Crippen molar-refractivity contribution in [2.24, 2.45) is 0 Å². The fourth-order valence-electron chi connectivity index (χ4n) is 2.70. The molecule has 3 aromatic rings. The number of carbonyl (C=O) groups is 2. The average Bonchev–Trinajstić information content (AvgIpc) is 3.09. The maximum atomic E-state index is 13.0. The summed E-state index contributed by atoms with van der Waals surface area (Å²) in [4.78, 5) is 29.7. The van der Waals surface area contributed by atoms with Gasteiger partial charge in [0.25, 0.3) is 5.91 Å². The summed E-state index contributed by atoms with van der Waals surface area (Å²) in [6.45, 7) is 5.62. The van der Waals surface area contributed by atoms with Gasteiger partial charge in [0.05, 0.1) is 17.1 Å². The lowest BCUT2D eigenvalue weighted by Gasteiger charge is -2.14. The number of nitrogens with one attached hydrogen (secondary N) is 3. The standard InChI is InChI=1S/C22H23FN4O3S/c1-13(2)24-22(29)27-18-7-5-4-6-17(18)26-21(28)20-14(3)25-19(31-20)12-30-16-10-8-15(23)9-11-16/h4-11,13H,12H2,1-3H3,(H,26,28)(H2,24,27,29). The van der Waals surface area contributed by atoms with E-state index in [0.29, 0.717) is 32.7 Å². The van der Waals surface area contributed by atoms with E-state index in [2.05, 4.69) is 20.9 Å². The third-order valence-electron chi connectivity index (χ3n) is 4.07. The van der Waals surface area contributed by atoms with Crippen molar-refractivity contribution in [1.82, 2.24) is 10.3 Å². The molecule has 9 heteroatoms. The summed E-state index contributed by atoms with van der Waals surface area (Å²) in [5.41, 5.74) is 1.53. The first-order valence-electron chi connectivity index (χ1n) is 9.64. The summed E-state index contributed by atoms with van der Waals surface area (Å²) in [5, 5.41) is 8.92. The van der Waals surface area contributed by atoms with Crippen LogP contribution in [0.5, 0.6) is 5.75 Å². The maximum Gasteiger partial charge on any atom is 0.319 e. The molecule has 0 aliphatic carbocycles. The second-order valence-corrected chi connectivity index (χ2v) is 8.10. The van der Waals surface area contributed by atoms with Gasteiger partial charge >= 0.3 is 6.03 Å². The highest BCUT2D eigenvalue weighted by Gasteiger charge is 2.17. The lowest BCUT2D eigenvalue weighted by Crippen LogP contribution is -2.34. The number of hydrogen-bond acceptors (Lipinski definition) is 5. The quantitative estimate of drug-likeness (QED) is 0.483. The number of halogens is 1. The van der Waals surface area contributed by atoms with Crippen molar-refractivity contribution in [2.75, 3.05) is 10.6 Å². The number of aromatic nitrogens is 1. The van der Waals surface area contributed by atoms with Gasteiger partial charge in [-0.1, -0.05) is 12.1 Å². The highest BCUT2D eigenvalue weighted by Crippen LogP contribution is 2.25. The lowest BCUT2D eigenvalue weighted by atomic mass is 10.2. The molecule has 7 nitrogen and oxygen atoms in total. The number of carbonyl (C=O) groups excluding carboxylic acids is 2. The fraction of sp³-hybridized carbons (Fsp3) is 0.227. The Bertz CT molecular complexity index is 1070. The van der Waals surface area contributed by atoms with Gasteiger partial charge in [-0.25, -0.2) is 14.2 Å². The van der Waals surface area contributed by atoms with Gasteiger partial charge in [-0.2, -0.15) is 0 Å². The summed E-state index contributed by atoms with van der Waals surface area (Å²) in [5.74, 6) is -0.158. The van der Waals surface area contributed by atoms with Crippen LogP contribution >= 0.6 is 11.3 Å². The SMILES string of the molecule is Cc1nc(COc2ccc(F)cc2)sc1C(=O)Nc1ccccc1NC(=O)NC(C)C. The van der Waals surface area contributed by atoms with E-state index in [4.69, 9.17) is 4.74 Å². The van der Waals surface area contributed by atoms with E-state index < -0.39 is 0 Å². The Balaban J connectivity index is 1.67. The Morgan fingerprint density at radius 1 is 1.06 bits per heavy atom. The molecular weight excluding hydrogens is 419 g/mol. The minimum atomic E-state index is -0.356. The molecule has 0 fully saturated rings. The summed E-state index contributed by atoms with van der Waals surface area (Å²) in [7, 11) is 0. The second kappa shape index (κ2) is 10.0. The van der Waals surface area contributed by atoms with Crippen molar-refractivity contribution < 1.29 is 18.7 Å². The minimum Gasteiger partial charge on any atom is -0.486 e. The van der Waals surface area contributed by atoms with Crippen molar-refractivity contribution in [3.63, 3.8) is 0 Å². The van der Waals surface area contributed by atoms with Crippen LogP contribution in [0, 0.1) is 12.7 Å². The number of rotatable bonds is 7. The molecule has 0 spiro atoms. The molecule has 0 aliphatic rings. The maximum absolute atomic E-state index is 13.0. The van der Waals surface area contributed by atoms with Crippen molar-refractivity contribution in [3.05, 3.63) is 69.9 Å². The van der Waals surface area contributed by atoms with Gasteiger partial charge in [-0.15, -0.1) is 11.3 Å². The number of hydrogen-bond donors (Lipinski definition) is 3. The lowest BCUT2D eigenvalue weighted by molar-refractivity contribution is 0.102. The number of amides is 3. The number of thiazole rings is 1. The number of anilines is 2. The number of ether oxygens (including phenoxy) is 1. The summed E-state index contributed by atoms with van der Waals surface area (Å²) < 4.78 is 18.6. The zero-order valence-corrected chi connectivity index (χ0v) is 18.2. The van der Waals surface area contributed by atoms with Crippen molar-refractivity contribution >= 4 is 34.6 Å². The molecule has 0 aliphatic heterocycles. The third kappa shape index (κ3) is 6.26. The minimum absolute atomic E-state index is 0.0165. The summed E-state index contributed by atoms with van der Waals surface area (Å²) >= 11 is 1.22. The van der Waals surface area contributed by atoms with Crippen LogP contribution in [0.2, 0.25) is 0 Å². The zero-order chi connectivity index (χ0) is 22.4. The van der Waals surface area contributed by atoms with E-state index in [-0.39, 0.29) is 30.4 Å². The Morgan fingerprint density at radius 3 is 2.35 bits per heavy atom. The number of aryl methyl sites for hydroxylation is 1. The van der Waals surface area contributed by atoms with Gasteiger partial charge in [0, 0.05) is 6.04 Å². The van der Waals surface area contributed by atoms with E-state index in [1.54, 1.807) is 31.2 Å². The zero-order valence-electron chi connectivity index (χ0n) is 17.4. The molecule has 0 bridgehead atoms. The predicted molar refractivity (Wildman–Crippen MR) is 119 cm³/mol. The van der Waals surface area contributed by atoms with Crippen LogP contribution in [0.3, 0.4) is 0 Å². The Labute approximate surface area is 183 Å². The smallest absolute Gasteiger partial charge is 0.319 e. The molecule has 31 heavy (non-hydrogen) atoms. The highest BCUT2D eigenvalue weighted by molar-refractivity contribution is 7.13. The molecule has 3 rings (SSSR count). The normalized spacial score (nSPS) is 10.6. The molecule has 0 saturated carbocycles. The van der Waals surface area contributed by atoms with Crippen LogP contribution in [0.1, 0.15) is 34.2 Å². The van der Waals surface area contributed by atoms with Gasteiger partial charge < -0.3 is 20.7 Å². The third-order valence-corrected chi connectivity index (χ3v) is 5.20. The number of para-hydroxylation sites is 2. The average molecular weight is 443 g/mol. The van der Waals surface area contributed by atoms with E-state index in [9.17, 15) is 14.0 Å². The van der Waals surface area contributed by atoms with Crippen LogP contribution in [0.4, 0.5) is 20.6 Å². The predicted octanol–water partition coefficient (Wildman–Crippen LogP) is 4.95. The summed E-state index contributed by atoms with van der Waals surface area (Å²) in [6, 6.07) is 12.3. The first-order valence-corrected chi connectivity index (χ1v) is 10.5. The molecule has 0 radical (unpaired) electrons. The van der Waals surface area contributed by atoms with Crippen LogP contribution in [0.25, 0.3) is 0 Å². The molecule has 0 atom stereocenters. The molecule has 2 aromatic carbocycles. The van der Waals surface area contributed by atoms with Crippen molar-refractivity contribution in [3.8, 4) is 5.75 Å². The molecule has 0 unspecified atom stereocenters. The summed E-state index contributed by atoms with van der Waals surface area (Å²) in [6.07, 6.45) is 0. The molecule has 0 saturated heterocycles. The molecule has 162 valence electrons. The van der Waals surface area contributed by atoms with Gasteiger partial charge in [0.1, 0.15) is 28.1 Å². The van der Waals surface area contributed by atoms with Crippen molar-refractivity contribution in [1.29, 1.82) is 0 Å². The Morgan fingerprint density at radius 2 is 1.71 bits per heavy atom. The van der Waals surface area contributed by atoms with Crippen LogP contribution in [-0.2, 0) is 6.61 Å². The number of nitrogens with zero attached hydrogens (tertiary/aromatic N) is 1. The van der Waals surface area contributed by atoms with Gasteiger partial charge in [0.15, 0.2) is 0 Å². The van der Waals surface area contributed by atoms with Gasteiger partial charge in [-0.3, -0.25) is 4.79 Å². The van der Waals surface area contributed by atoms with Gasteiger partial charge in [0.2, 0.25) is 0 Å². The monoisotopic (exact) mass is 442 g/mol. The number of benzene rings is 2. The second-order valence-electron chi connectivity index (χ2n) is 7.02. The van der Waals surface area contributed by atoms with Crippen LogP contribution in [-0.4, -0.2) is 23.0 Å². The highest BCUT2D eigenvalue weighted by atomic mass is 32.1. The van der Waals surface area contributed by atoms with Gasteiger partial charge in [-0.05, 0) is 57.2 Å². The number of urea groups is 1. The molecule has 3 amide bonds. The van der Waals surface area contributed by atoms with Crippen LogP contribution < -0.4 is 20.7 Å². The molecule has 3 N–H and O–H groups in total.